The molecule has 8 heteroatoms. The fourth-order valence-electron chi connectivity index (χ4n) is 4.29. The zero-order valence-corrected chi connectivity index (χ0v) is 19.3. The van der Waals surface area contributed by atoms with E-state index in [0.29, 0.717) is 17.0 Å². The quantitative estimate of drug-likeness (QED) is 0.417. The number of nitrogens with zero attached hydrogens (tertiary/aromatic N) is 3. The largest absolute Gasteiger partial charge is 0.497 e. The number of benzene rings is 3. The van der Waals surface area contributed by atoms with Crippen molar-refractivity contribution in [3.63, 3.8) is 0 Å². The van der Waals surface area contributed by atoms with Gasteiger partial charge in [0.1, 0.15) is 23.8 Å². The molecule has 3 aromatic rings. The molecule has 2 aliphatic rings. The van der Waals surface area contributed by atoms with Crippen molar-refractivity contribution in [3.05, 3.63) is 108 Å². The van der Waals surface area contributed by atoms with E-state index in [4.69, 9.17) is 19.3 Å². The number of anilines is 1. The summed E-state index contributed by atoms with van der Waals surface area (Å²) in [6, 6.07) is 26.3. The van der Waals surface area contributed by atoms with E-state index in [1.807, 2.05) is 84.9 Å². The van der Waals surface area contributed by atoms with Gasteiger partial charge in [-0.2, -0.15) is 5.10 Å². The van der Waals surface area contributed by atoms with Crippen LogP contribution in [-0.4, -0.2) is 43.4 Å². The highest BCUT2D eigenvalue weighted by molar-refractivity contribution is 6.12. The van der Waals surface area contributed by atoms with Crippen molar-refractivity contribution in [2.75, 3.05) is 25.9 Å². The number of fused-ring (bicyclic) bond motifs is 1. The molecule has 35 heavy (non-hydrogen) atoms. The first-order valence-corrected chi connectivity index (χ1v) is 11.0. The van der Waals surface area contributed by atoms with Crippen molar-refractivity contribution in [2.45, 2.75) is 5.72 Å². The van der Waals surface area contributed by atoms with Gasteiger partial charge in [-0.05, 0) is 24.3 Å². The molecule has 1 saturated heterocycles. The number of rotatable bonds is 5. The van der Waals surface area contributed by atoms with Crippen LogP contribution in [-0.2, 0) is 24.8 Å². The predicted octanol–water partition coefficient (Wildman–Crippen LogP) is 3.65. The monoisotopic (exact) mass is 469 g/mol. The molecule has 2 aliphatic heterocycles. The Morgan fingerprint density at radius 2 is 1.63 bits per heavy atom. The van der Waals surface area contributed by atoms with Crippen molar-refractivity contribution < 1.29 is 23.8 Å². The fourth-order valence-corrected chi connectivity index (χ4v) is 4.29. The molecule has 2 heterocycles. The second-order valence-corrected chi connectivity index (χ2v) is 7.93. The van der Waals surface area contributed by atoms with Crippen LogP contribution in [0, 0.1) is 0 Å². The minimum Gasteiger partial charge on any atom is -0.497 e. The molecular weight excluding hydrogens is 446 g/mol. The van der Waals surface area contributed by atoms with E-state index in [2.05, 4.69) is 0 Å². The number of hydrogen-bond donors (Lipinski definition) is 0. The molecule has 0 aliphatic carbocycles. The van der Waals surface area contributed by atoms with Crippen molar-refractivity contribution in [3.8, 4) is 5.75 Å². The van der Waals surface area contributed by atoms with Gasteiger partial charge in [-0.1, -0.05) is 60.7 Å². The highest BCUT2D eigenvalue weighted by atomic mass is 16.6. The van der Waals surface area contributed by atoms with E-state index in [1.54, 1.807) is 17.0 Å². The van der Waals surface area contributed by atoms with E-state index in [1.165, 1.54) is 7.11 Å². The van der Waals surface area contributed by atoms with Gasteiger partial charge in [0.05, 0.1) is 26.0 Å². The Labute approximate surface area is 202 Å². The summed E-state index contributed by atoms with van der Waals surface area (Å²) in [5, 5.41) is 6.74. The van der Waals surface area contributed by atoms with Crippen LogP contribution in [0.3, 0.4) is 0 Å². The topological polar surface area (TPSA) is 80.7 Å². The second-order valence-electron chi connectivity index (χ2n) is 7.93. The summed E-state index contributed by atoms with van der Waals surface area (Å²) < 4.78 is 16.2. The molecule has 0 N–H and O–H groups in total. The number of hydrogen-bond acceptors (Lipinski definition) is 8. The number of carbonyl (C=O) groups excluding carboxylic acids is 2. The third-order valence-electron chi connectivity index (χ3n) is 5.98. The summed E-state index contributed by atoms with van der Waals surface area (Å²) in [4.78, 5) is 27.2. The maximum atomic E-state index is 13.2. The Bertz CT molecular complexity index is 1310. The fraction of sp³-hybridized carbons (Fsp3) is 0.148. The lowest BCUT2D eigenvalue weighted by Crippen LogP contribution is -2.56. The Kier molecular flexibility index (Phi) is 5.70. The first-order chi connectivity index (χ1) is 17.1. The van der Waals surface area contributed by atoms with Crippen molar-refractivity contribution in [1.29, 1.82) is 0 Å². The van der Waals surface area contributed by atoms with E-state index >= 15 is 0 Å². The van der Waals surface area contributed by atoms with Crippen LogP contribution in [0.15, 0.2) is 102 Å². The molecule has 176 valence electrons. The Morgan fingerprint density at radius 3 is 2.26 bits per heavy atom. The zero-order valence-electron chi connectivity index (χ0n) is 19.3. The lowest BCUT2D eigenvalue weighted by molar-refractivity contribution is -0.146. The summed E-state index contributed by atoms with van der Waals surface area (Å²) in [7, 11) is 2.87. The maximum absolute atomic E-state index is 13.2. The summed E-state index contributed by atoms with van der Waals surface area (Å²) in [5.41, 5.74) is 1.47. The van der Waals surface area contributed by atoms with Crippen LogP contribution in [0.5, 0.6) is 5.75 Å². The van der Waals surface area contributed by atoms with Crippen molar-refractivity contribution in [2.24, 2.45) is 5.10 Å². The lowest BCUT2D eigenvalue weighted by atomic mass is 9.90. The van der Waals surface area contributed by atoms with E-state index in [0.717, 1.165) is 17.3 Å². The van der Waals surface area contributed by atoms with Gasteiger partial charge in [0, 0.05) is 11.1 Å². The molecule has 1 atom stereocenters. The van der Waals surface area contributed by atoms with Crippen molar-refractivity contribution >= 4 is 23.3 Å². The van der Waals surface area contributed by atoms with Crippen LogP contribution in [0.25, 0.3) is 0 Å². The molecule has 8 nitrogen and oxygen atoms in total. The number of hydrazone groups is 1. The van der Waals surface area contributed by atoms with Crippen LogP contribution >= 0.6 is 0 Å². The lowest BCUT2D eigenvalue weighted by Gasteiger charge is -2.44. The van der Waals surface area contributed by atoms with Crippen LogP contribution < -0.4 is 9.75 Å². The number of esters is 2. The Hall–Kier alpha value is -4.59. The van der Waals surface area contributed by atoms with Crippen LogP contribution in [0.2, 0.25) is 0 Å². The molecule has 0 unspecified atom stereocenters. The van der Waals surface area contributed by atoms with Gasteiger partial charge in [-0.3, -0.25) is 4.90 Å². The standard InChI is InChI=1S/C27H23N3O5/c1-33-22-15-13-21(14-16-22)30-18-29-23(17-24(31)34-2)26(32)35-27(29,20-11-7-4-8-12-20)25(28-30)19-9-5-3-6-10-19/h3-17H,18H2,1-2H3/b23-17-/t27-/m1/s1. The predicted molar refractivity (Wildman–Crippen MR) is 129 cm³/mol. The number of methoxy groups -OCH3 is 2. The first kappa shape index (κ1) is 22.2. The summed E-state index contributed by atoms with van der Waals surface area (Å²) in [5.74, 6) is -0.581. The van der Waals surface area contributed by atoms with Gasteiger partial charge in [0.25, 0.3) is 5.72 Å². The zero-order chi connectivity index (χ0) is 24.4. The van der Waals surface area contributed by atoms with Gasteiger partial charge in [-0.25, -0.2) is 14.6 Å². The molecule has 1 fully saturated rings. The van der Waals surface area contributed by atoms with Gasteiger partial charge < -0.3 is 14.2 Å². The molecule has 0 spiro atoms. The number of ether oxygens (including phenoxy) is 3. The summed E-state index contributed by atoms with van der Waals surface area (Å²) >= 11 is 0. The van der Waals surface area contributed by atoms with Crippen molar-refractivity contribution in [1.82, 2.24) is 4.90 Å². The minimum absolute atomic E-state index is 0.0857. The van der Waals surface area contributed by atoms with Crippen LogP contribution in [0.1, 0.15) is 11.1 Å². The third-order valence-corrected chi connectivity index (χ3v) is 5.98. The van der Waals surface area contributed by atoms with E-state index in [-0.39, 0.29) is 12.4 Å². The third kappa shape index (κ3) is 3.78. The SMILES string of the molecule is COC(=O)/C=C1/C(=O)O[C@]2(c3ccccc3)C(c3ccccc3)=NN(c3ccc(OC)cc3)CN12. The highest BCUT2D eigenvalue weighted by Crippen LogP contribution is 2.46. The van der Waals surface area contributed by atoms with Gasteiger partial charge >= 0.3 is 11.9 Å². The highest BCUT2D eigenvalue weighted by Gasteiger charge is 2.58. The first-order valence-electron chi connectivity index (χ1n) is 11.0. The Balaban J connectivity index is 1.76. The Morgan fingerprint density at radius 1 is 0.971 bits per heavy atom. The average Bonchev–Trinajstić information content (AvgIpc) is 3.20. The molecule has 0 aromatic heterocycles. The van der Waals surface area contributed by atoms with Gasteiger partial charge in [-0.15, -0.1) is 0 Å². The minimum atomic E-state index is -1.37. The van der Waals surface area contributed by atoms with E-state index in [9.17, 15) is 9.59 Å². The van der Waals surface area contributed by atoms with Crippen LogP contribution in [0.4, 0.5) is 5.69 Å². The number of carbonyl (C=O) groups is 2. The molecule has 0 amide bonds. The molecule has 0 radical (unpaired) electrons. The smallest absolute Gasteiger partial charge is 0.357 e. The average molecular weight is 469 g/mol. The van der Waals surface area contributed by atoms with Gasteiger partial charge in [0.2, 0.25) is 0 Å². The summed E-state index contributed by atoms with van der Waals surface area (Å²) in [6.45, 7) is 0.145. The second kappa shape index (κ2) is 8.98. The maximum Gasteiger partial charge on any atom is 0.357 e. The van der Waals surface area contributed by atoms with E-state index < -0.39 is 17.7 Å². The molecule has 0 bridgehead atoms. The summed E-state index contributed by atoms with van der Waals surface area (Å²) in [6.07, 6.45) is 1.16. The normalized spacial score (nSPS) is 20.2. The molecule has 0 saturated carbocycles. The molecule has 3 aromatic carbocycles. The van der Waals surface area contributed by atoms with Gasteiger partial charge in [0.15, 0.2) is 0 Å². The molecule has 5 rings (SSSR count). The molecular formula is C27H23N3O5.